The largest absolute Gasteiger partial charge is 0.442 e. The molecule has 1 N–H and O–H groups in total. The highest BCUT2D eigenvalue weighted by atomic mass is 16.5. The van der Waals surface area contributed by atoms with Gasteiger partial charge in [0.1, 0.15) is 5.69 Å². The molecule has 2 heterocycles. The van der Waals surface area contributed by atoms with E-state index in [9.17, 15) is 14.4 Å². The van der Waals surface area contributed by atoms with Gasteiger partial charge in [-0.1, -0.05) is 44.3 Å². The summed E-state index contributed by atoms with van der Waals surface area (Å²) in [5.74, 6) is -0.651. The standard InChI is InChI=1S/C21H28N4O4/c1-14(2)12-17(23-20(27)15-8-4-3-5-9-15)18(26)13-25-19(24-29-21(25)28)16-10-6-7-11-22-16/h6-7,10-11,14-15,17H,3-5,8-9,12-13H2,1-2H3,(H,23,27)/t17-/m0/s1. The molecule has 1 saturated carbocycles. The Balaban J connectivity index is 1.76. The normalized spacial score (nSPS) is 16.0. The van der Waals surface area contributed by atoms with Crippen LogP contribution in [-0.4, -0.2) is 32.4 Å². The highest BCUT2D eigenvalue weighted by molar-refractivity contribution is 5.89. The molecule has 2 aromatic rings. The fourth-order valence-electron chi connectivity index (χ4n) is 3.75. The summed E-state index contributed by atoms with van der Waals surface area (Å²) in [5.41, 5.74) is 0.442. The zero-order valence-electron chi connectivity index (χ0n) is 17.0. The minimum Gasteiger partial charge on any atom is -0.346 e. The number of amides is 1. The van der Waals surface area contributed by atoms with Crippen molar-refractivity contribution >= 4 is 11.7 Å². The van der Waals surface area contributed by atoms with Crippen LogP contribution >= 0.6 is 0 Å². The van der Waals surface area contributed by atoms with Crippen molar-refractivity contribution in [2.24, 2.45) is 11.8 Å². The maximum Gasteiger partial charge on any atom is 0.442 e. The van der Waals surface area contributed by atoms with E-state index in [-0.39, 0.29) is 35.9 Å². The first-order valence-corrected chi connectivity index (χ1v) is 10.3. The second kappa shape index (κ2) is 9.62. The molecule has 1 fully saturated rings. The van der Waals surface area contributed by atoms with Gasteiger partial charge in [-0.25, -0.2) is 9.36 Å². The first-order valence-electron chi connectivity index (χ1n) is 10.3. The van der Waals surface area contributed by atoms with Gasteiger partial charge in [0, 0.05) is 12.1 Å². The SMILES string of the molecule is CC(C)C[C@H](NC(=O)C1CCCCC1)C(=O)Cn1c(-c2ccccn2)noc1=O. The van der Waals surface area contributed by atoms with Gasteiger partial charge in [0.25, 0.3) is 0 Å². The summed E-state index contributed by atoms with van der Waals surface area (Å²) in [6.45, 7) is 3.77. The fourth-order valence-corrected chi connectivity index (χ4v) is 3.75. The third-order valence-electron chi connectivity index (χ3n) is 5.28. The van der Waals surface area contributed by atoms with E-state index in [1.807, 2.05) is 13.8 Å². The van der Waals surface area contributed by atoms with Crippen LogP contribution in [0.25, 0.3) is 11.5 Å². The molecule has 0 bridgehead atoms. The van der Waals surface area contributed by atoms with Gasteiger partial charge >= 0.3 is 5.76 Å². The van der Waals surface area contributed by atoms with Crippen molar-refractivity contribution in [3.05, 3.63) is 34.9 Å². The van der Waals surface area contributed by atoms with Gasteiger partial charge in [-0.15, -0.1) is 0 Å². The van der Waals surface area contributed by atoms with Crippen LogP contribution in [0.4, 0.5) is 0 Å². The number of rotatable bonds is 8. The predicted molar refractivity (Wildman–Crippen MR) is 107 cm³/mol. The molecule has 1 aliphatic rings. The smallest absolute Gasteiger partial charge is 0.346 e. The van der Waals surface area contributed by atoms with Crippen LogP contribution in [0.5, 0.6) is 0 Å². The Morgan fingerprint density at radius 2 is 2.00 bits per heavy atom. The summed E-state index contributed by atoms with van der Waals surface area (Å²) in [6, 6.07) is 4.55. The molecule has 1 aliphatic carbocycles. The summed E-state index contributed by atoms with van der Waals surface area (Å²) in [5, 5.41) is 6.71. The molecule has 156 valence electrons. The molecule has 2 aromatic heterocycles. The van der Waals surface area contributed by atoms with Gasteiger partial charge in [-0.3, -0.25) is 19.1 Å². The molecule has 0 unspecified atom stereocenters. The summed E-state index contributed by atoms with van der Waals surface area (Å²) < 4.78 is 5.94. The minimum absolute atomic E-state index is 0.0337. The zero-order chi connectivity index (χ0) is 20.8. The van der Waals surface area contributed by atoms with Crippen molar-refractivity contribution in [1.82, 2.24) is 20.0 Å². The predicted octanol–water partition coefficient (Wildman–Crippen LogP) is 2.58. The van der Waals surface area contributed by atoms with E-state index in [1.54, 1.807) is 24.4 Å². The molecular weight excluding hydrogens is 372 g/mol. The van der Waals surface area contributed by atoms with Gasteiger partial charge in [0.05, 0.1) is 12.6 Å². The summed E-state index contributed by atoms with van der Waals surface area (Å²) >= 11 is 0. The van der Waals surface area contributed by atoms with Crippen LogP contribution < -0.4 is 11.1 Å². The van der Waals surface area contributed by atoms with Crippen LogP contribution in [0.15, 0.2) is 33.7 Å². The molecule has 3 rings (SSSR count). The van der Waals surface area contributed by atoms with E-state index in [0.29, 0.717) is 12.1 Å². The van der Waals surface area contributed by atoms with E-state index in [2.05, 4.69) is 15.5 Å². The zero-order valence-corrected chi connectivity index (χ0v) is 17.0. The van der Waals surface area contributed by atoms with Gasteiger partial charge < -0.3 is 5.32 Å². The van der Waals surface area contributed by atoms with Crippen LogP contribution in [0.3, 0.4) is 0 Å². The Morgan fingerprint density at radius 1 is 1.24 bits per heavy atom. The van der Waals surface area contributed by atoms with Crippen LogP contribution in [0, 0.1) is 11.8 Å². The lowest BCUT2D eigenvalue weighted by atomic mass is 9.88. The van der Waals surface area contributed by atoms with Crippen molar-refractivity contribution in [3.8, 4) is 11.5 Å². The van der Waals surface area contributed by atoms with Gasteiger partial charge in [-0.2, -0.15) is 0 Å². The lowest BCUT2D eigenvalue weighted by Gasteiger charge is -2.25. The lowest BCUT2D eigenvalue weighted by Crippen LogP contribution is -2.46. The number of nitrogens with zero attached hydrogens (tertiary/aromatic N) is 3. The third-order valence-corrected chi connectivity index (χ3v) is 5.28. The summed E-state index contributed by atoms with van der Waals surface area (Å²) in [7, 11) is 0. The maximum absolute atomic E-state index is 13.0. The first kappa shape index (κ1) is 21.0. The molecule has 29 heavy (non-hydrogen) atoms. The Hall–Kier alpha value is -2.77. The lowest BCUT2D eigenvalue weighted by molar-refractivity contribution is -0.131. The quantitative estimate of drug-likeness (QED) is 0.730. The highest BCUT2D eigenvalue weighted by Gasteiger charge is 2.28. The van der Waals surface area contributed by atoms with Gasteiger partial charge in [-0.05, 0) is 37.3 Å². The Labute approximate surface area is 169 Å². The summed E-state index contributed by atoms with van der Waals surface area (Å²) in [6.07, 6.45) is 7.06. The number of hydrogen-bond donors (Lipinski definition) is 1. The Morgan fingerprint density at radius 3 is 2.66 bits per heavy atom. The molecule has 0 radical (unpaired) electrons. The molecule has 0 spiro atoms. The van der Waals surface area contributed by atoms with Crippen LogP contribution in [0.1, 0.15) is 52.4 Å². The number of nitrogens with one attached hydrogen (secondary N) is 1. The summed E-state index contributed by atoms with van der Waals surface area (Å²) in [4.78, 5) is 42.0. The van der Waals surface area contributed by atoms with Crippen molar-refractivity contribution in [3.63, 3.8) is 0 Å². The molecular formula is C21H28N4O4. The number of ketones is 1. The highest BCUT2D eigenvalue weighted by Crippen LogP contribution is 2.24. The average molecular weight is 400 g/mol. The Kier molecular flexibility index (Phi) is 6.95. The first-order chi connectivity index (χ1) is 14.0. The van der Waals surface area contributed by atoms with Crippen molar-refractivity contribution in [2.75, 3.05) is 0 Å². The second-order valence-electron chi connectivity index (χ2n) is 8.07. The number of pyridine rings is 1. The molecule has 1 amide bonds. The van der Waals surface area contributed by atoms with E-state index < -0.39 is 11.8 Å². The van der Waals surface area contributed by atoms with Gasteiger partial charge in [0.2, 0.25) is 11.7 Å². The number of carbonyl (C=O) groups is 2. The fraction of sp³-hybridized carbons (Fsp3) is 0.571. The molecule has 0 aromatic carbocycles. The van der Waals surface area contributed by atoms with Crippen molar-refractivity contribution in [1.29, 1.82) is 0 Å². The Bertz CT molecular complexity index is 882. The van der Waals surface area contributed by atoms with E-state index >= 15 is 0 Å². The number of Topliss-reactive ketones (excluding diaryl/α,β-unsaturated/α-hetero) is 1. The van der Waals surface area contributed by atoms with Gasteiger partial charge in [0.15, 0.2) is 5.78 Å². The van der Waals surface area contributed by atoms with E-state index in [4.69, 9.17) is 4.52 Å². The van der Waals surface area contributed by atoms with E-state index in [1.165, 1.54) is 4.57 Å². The third kappa shape index (κ3) is 5.40. The van der Waals surface area contributed by atoms with E-state index in [0.717, 1.165) is 32.1 Å². The van der Waals surface area contributed by atoms with Crippen LogP contribution in [-0.2, 0) is 16.1 Å². The molecule has 0 aliphatic heterocycles. The minimum atomic E-state index is -0.721. The molecule has 0 saturated heterocycles. The molecule has 8 nitrogen and oxygen atoms in total. The van der Waals surface area contributed by atoms with Crippen molar-refractivity contribution in [2.45, 2.75) is 65.0 Å². The molecule has 1 atom stereocenters. The molecule has 8 heteroatoms. The van der Waals surface area contributed by atoms with Crippen LogP contribution in [0.2, 0.25) is 0 Å². The number of aromatic nitrogens is 3. The number of carbonyl (C=O) groups excluding carboxylic acids is 2. The number of hydrogen-bond acceptors (Lipinski definition) is 6. The topological polar surface area (TPSA) is 107 Å². The van der Waals surface area contributed by atoms with Crippen molar-refractivity contribution < 1.29 is 14.1 Å². The maximum atomic E-state index is 13.0. The average Bonchev–Trinajstić information content (AvgIpc) is 3.08. The second-order valence-corrected chi connectivity index (χ2v) is 8.07. The monoisotopic (exact) mass is 400 g/mol.